The van der Waals surface area contributed by atoms with E-state index in [1.165, 1.54) is 6.07 Å². The Morgan fingerprint density at radius 2 is 1.49 bits per heavy atom. The summed E-state index contributed by atoms with van der Waals surface area (Å²) in [6.45, 7) is -1.07. The highest BCUT2D eigenvalue weighted by molar-refractivity contribution is 6.03. The van der Waals surface area contributed by atoms with Gasteiger partial charge >= 0.3 is 24.3 Å². The van der Waals surface area contributed by atoms with E-state index in [0.717, 1.165) is 23.1 Å². The van der Waals surface area contributed by atoms with Crippen molar-refractivity contribution in [3.05, 3.63) is 59.4 Å². The lowest BCUT2D eigenvalue weighted by molar-refractivity contribution is -0.164. The number of carbonyl (C=O) groups is 4. The molecule has 0 spiro atoms. The van der Waals surface area contributed by atoms with Crippen molar-refractivity contribution >= 4 is 35.1 Å². The Hall–Kier alpha value is -4.21. The van der Waals surface area contributed by atoms with Crippen LogP contribution in [0.25, 0.3) is 0 Å². The van der Waals surface area contributed by atoms with Crippen LogP contribution < -0.4 is 9.80 Å². The van der Waals surface area contributed by atoms with E-state index in [9.17, 15) is 60.1 Å². The highest BCUT2D eigenvalue weighted by Crippen LogP contribution is 2.40. The summed E-state index contributed by atoms with van der Waals surface area (Å²) in [4.78, 5) is 52.3. The Bertz CT molecular complexity index is 1400. The Morgan fingerprint density at radius 1 is 0.854 bits per heavy atom. The number of alkyl halides is 6. The summed E-state index contributed by atoms with van der Waals surface area (Å²) < 4.78 is 97.8. The molecule has 2 heterocycles. The van der Waals surface area contributed by atoms with Crippen LogP contribution in [0.4, 0.5) is 42.1 Å². The Labute approximate surface area is 225 Å². The molecule has 41 heavy (non-hydrogen) atoms. The fraction of sp³-hybridized carbons (Fsp3) is 0.360. The van der Waals surface area contributed by atoms with Crippen molar-refractivity contribution in [2.75, 3.05) is 23.1 Å². The van der Waals surface area contributed by atoms with Crippen molar-refractivity contribution in [3.8, 4) is 0 Å². The second kappa shape index (κ2) is 10.6. The van der Waals surface area contributed by atoms with Gasteiger partial charge in [-0.2, -0.15) is 26.3 Å². The predicted molar refractivity (Wildman–Crippen MR) is 123 cm³/mol. The van der Waals surface area contributed by atoms with Gasteiger partial charge in [-0.25, -0.2) is 4.39 Å². The molecule has 9 nitrogen and oxygen atoms in total. The van der Waals surface area contributed by atoms with Crippen LogP contribution in [-0.4, -0.2) is 53.3 Å². The highest BCUT2D eigenvalue weighted by Gasteiger charge is 2.54. The lowest BCUT2D eigenvalue weighted by Crippen LogP contribution is -2.47. The van der Waals surface area contributed by atoms with E-state index >= 15 is 0 Å². The molecule has 16 heteroatoms. The van der Waals surface area contributed by atoms with E-state index < -0.39 is 89.3 Å². The Balaban J connectivity index is 1.63. The largest absolute Gasteiger partial charge is 0.481 e. The topological polar surface area (TPSA) is 124 Å². The number of nitrogens with zero attached hydrogens (tertiary/aromatic N) is 2. The normalized spacial score (nSPS) is 21.3. The Morgan fingerprint density at radius 3 is 2.07 bits per heavy atom. The minimum absolute atomic E-state index is 0.209. The molecule has 2 amide bonds. The van der Waals surface area contributed by atoms with E-state index in [4.69, 9.17) is 4.74 Å². The first-order valence-electron chi connectivity index (χ1n) is 11.8. The van der Waals surface area contributed by atoms with Crippen molar-refractivity contribution in [3.63, 3.8) is 0 Å². The van der Waals surface area contributed by atoms with Gasteiger partial charge in [0.15, 0.2) is 6.10 Å². The van der Waals surface area contributed by atoms with Crippen molar-refractivity contribution < 1.29 is 64.9 Å². The van der Waals surface area contributed by atoms with Crippen LogP contribution in [0.3, 0.4) is 0 Å². The van der Waals surface area contributed by atoms with Gasteiger partial charge in [0.25, 0.3) is 5.91 Å². The highest BCUT2D eigenvalue weighted by atomic mass is 19.4. The molecule has 0 radical (unpaired) electrons. The Kier molecular flexibility index (Phi) is 7.73. The molecule has 0 aromatic heterocycles. The summed E-state index contributed by atoms with van der Waals surface area (Å²) >= 11 is 0. The number of hydrogen-bond donors (Lipinski definition) is 2. The van der Waals surface area contributed by atoms with Crippen LogP contribution in [0.15, 0.2) is 42.5 Å². The molecule has 2 saturated heterocycles. The molecule has 4 rings (SSSR count). The molecule has 2 fully saturated rings. The third-order valence-corrected chi connectivity index (χ3v) is 6.91. The van der Waals surface area contributed by atoms with Gasteiger partial charge in [-0.1, -0.05) is 6.07 Å². The SMILES string of the molecule is O=C(O)C(C1CCN(c2cccc(C(F)(F)F)c2)C1=O)C(C(=O)O)C1OCN(c2ccc(F)c(C(F)(F)F)c2)C1=O. The van der Waals surface area contributed by atoms with Crippen LogP contribution in [0.2, 0.25) is 0 Å². The van der Waals surface area contributed by atoms with Gasteiger partial charge in [-0.15, -0.1) is 0 Å². The third kappa shape index (κ3) is 5.68. The lowest BCUT2D eigenvalue weighted by atomic mass is 9.77. The number of rotatable bonds is 7. The number of benzene rings is 2. The smallest absolute Gasteiger partial charge is 0.419 e. The first kappa shape index (κ1) is 29.8. The monoisotopic (exact) mass is 592 g/mol. The second-order valence-corrected chi connectivity index (χ2v) is 9.31. The van der Waals surface area contributed by atoms with Crippen LogP contribution in [0.5, 0.6) is 0 Å². The minimum Gasteiger partial charge on any atom is -0.481 e. The molecular weight excluding hydrogens is 573 g/mol. The maximum Gasteiger partial charge on any atom is 0.419 e. The first-order chi connectivity index (χ1) is 19.0. The summed E-state index contributed by atoms with van der Waals surface area (Å²) in [6.07, 6.45) is -12.2. The van der Waals surface area contributed by atoms with E-state index in [0.29, 0.717) is 23.1 Å². The average molecular weight is 592 g/mol. The number of aliphatic carboxylic acids is 2. The summed E-state index contributed by atoms with van der Waals surface area (Å²) in [7, 11) is 0. The minimum atomic E-state index is -5.13. The first-order valence-corrected chi connectivity index (χ1v) is 11.8. The summed E-state index contributed by atoms with van der Waals surface area (Å²) in [5.74, 6) is -13.5. The molecule has 0 saturated carbocycles. The molecule has 0 bridgehead atoms. The third-order valence-electron chi connectivity index (χ3n) is 6.91. The van der Waals surface area contributed by atoms with Gasteiger partial charge in [0.2, 0.25) is 5.91 Å². The fourth-order valence-electron chi connectivity index (χ4n) is 4.99. The maximum absolute atomic E-state index is 13.7. The van der Waals surface area contributed by atoms with E-state index in [1.807, 2.05) is 0 Å². The van der Waals surface area contributed by atoms with E-state index in [1.54, 1.807) is 0 Å². The molecule has 2 aliphatic heterocycles. The van der Waals surface area contributed by atoms with Crippen molar-refractivity contribution in [1.82, 2.24) is 0 Å². The quantitative estimate of drug-likeness (QED) is 0.466. The van der Waals surface area contributed by atoms with Gasteiger partial charge < -0.3 is 19.8 Å². The zero-order chi connectivity index (χ0) is 30.4. The van der Waals surface area contributed by atoms with Crippen LogP contribution in [-0.2, 0) is 36.3 Å². The maximum atomic E-state index is 13.7. The van der Waals surface area contributed by atoms with Crippen molar-refractivity contribution in [1.29, 1.82) is 0 Å². The molecule has 2 N–H and O–H groups in total. The number of carbonyl (C=O) groups excluding carboxylic acids is 2. The van der Waals surface area contributed by atoms with Crippen LogP contribution in [0, 0.1) is 23.6 Å². The van der Waals surface area contributed by atoms with Gasteiger partial charge in [-0.3, -0.25) is 24.1 Å². The fourth-order valence-corrected chi connectivity index (χ4v) is 4.99. The molecular formula is C25H19F7N2O7. The standard InChI is InChI=1S/C25H19F7N2O7/c26-16-5-4-13(9-15(16)25(30,31)32)34-10-41-19(21(34)36)18(23(39)40)17(22(37)38)14-6-7-33(20(14)35)12-3-1-2-11(8-12)24(27,28)29/h1-5,8-9,14,17-19H,6-7,10H2,(H,37,38)(H,39,40). The number of halogens is 7. The van der Waals surface area contributed by atoms with Crippen LogP contribution >= 0.6 is 0 Å². The summed E-state index contributed by atoms with van der Waals surface area (Å²) in [5.41, 5.74) is -3.51. The molecule has 0 aliphatic carbocycles. The van der Waals surface area contributed by atoms with E-state index in [2.05, 4.69) is 0 Å². The predicted octanol–water partition coefficient (Wildman–Crippen LogP) is 4.01. The summed E-state index contributed by atoms with van der Waals surface area (Å²) in [5, 5.41) is 19.8. The molecule has 2 aromatic carbocycles. The van der Waals surface area contributed by atoms with Gasteiger partial charge in [-0.05, 0) is 42.8 Å². The number of hydrogen-bond acceptors (Lipinski definition) is 5. The molecule has 220 valence electrons. The van der Waals surface area contributed by atoms with Gasteiger partial charge in [0, 0.05) is 17.9 Å². The number of carboxylic acids is 2. The zero-order valence-corrected chi connectivity index (χ0v) is 20.4. The zero-order valence-electron chi connectivity index (χ0n) is 20.4. The van der Waals surface area contributed by atoms with E-state index in [-0.39, 0.29) is 18.7 Å². The summed E-state index contributed by atoms with van der Waals surface area (Å²) in [6, 6.07) is 5.20. The number of ether oxygens (including phenoxy) is 1. The lowest BCUT2D eigenvalue weighted by Gasteiger charge is -2.27. The number of carboxylic acid groups (broad SMARTS) is 2. The average Bonchev–Trinajstić information content (AvgIpc) is 3.43. The van der Waals surface area contributed by atoms with Gasteiger partial charge in [0.05, 0.1) is 23.0 Å². The second-order valence-electron chi connectivity index (χ2n) is 9.31. The number of amides is 2. The van der Waals surface area contributed by atoms with Crippen molar-refractivity contribution in [2.45, 2.75) is 24.9 Å². The van der Waals surface area contributed by atoms with Crippen molar-refractivity contribution in [2.24, 2.45) is 17.8 Å². The molecule has 4 unspecified atom stereocenters. The number of anilines is 2. The van der Waals surface area contributed by atoms with Gasteiger partial charge in [0.1, 0.15) is 18.5 Å². The molecule has 2 aromatic rings. The van der Waals surface area contributed by atoms with Crippen LogP contribution in [0.1, 0.15) is 17.5 Å². The molecule has 2 aliphatic rings. The molecule has 4 atom stereocenters.